The summed E-state index contributed by atoms with van der Waals surface area (Å²) in [4.78, 5) is 14.3. The van der Waals surface area contributed by atoms with Crippen molar-refractivity contribution in [3.63, 3.8) is 0 Å². The minimum absolute atomic E-state index is 0.137. The second-order valence-electron chi connectivity index (χ2n) is 5.06. The molecule has 1 fully saturated rings. The average molecular weight is 254 g/mol. The van der Waals surface area contributed by atoms with Crippen LogP contribution in [0.15, 0.2) is 0 Å². The second kappa shape index (κ2) is 4.10. The number of nitrogens with zero attached hydrogens (tertiary/aromatic N) is 3. The van der Waals surface area contributed by atoms with Crippen LogP contribution in [0.5, 0.6) is 0 Å². The number of carbonyl (C=O) groups excluding carboxylic acids is 1. The van der Waals surface area contributed by atoms with E-state index in [0.717, 1.165) is 44.6 Å². The fourth-order valence-electron chi connectivity index (χ4n) is 2.33. The zero-order valence-electron chi connectivity index (χ0n) is 9.95. The minimum atomic E-state index is 0.137. The third-order valence-electron chi connectivity index (χ3n) is 3.50. The van der Waals surface area contributed by atoms with Gasteiger partial charge in [-0.05, 0) is 26.3 Å². The van der Waals surface area contributed by atoms with Crippen LogP contribution in [0.3, 0.4) is 0 Å². The predicted octanol–water partition coefficient (Wildman–Crippen LogP) is 1.96. The lowest BCUT2D eigenvalue weighted by Crippen LogP contribution is -2.17. The molecule has 1 saturated carbocycles. The van der Waals surface area contributed by atoms with Gasteiger partial charge in [-0.3, -0.25) is 9.48 Å². The number of halogens is 1. The van der Waals surface area contributed by atoms with Gasteiger partial charge in [-0.15, -0.1) is 0 Å². The van der Waals surface area contributed by atoms with Crippen molar-refractivity contribution in [3.8, 4) is 0 Å². The lowest BCUT2D eigenvalue weighted by atomic mass is 10.2. The molecule has 0 spiro atoms. The highest BCUT2D eigenvalue weighted by Crippen LogP contribution is 2.35. The molecule has 0 saturated heterocycles. The van der Waals surface area contributed by atoms with Crippen molar-refractivity contribution in [1.29, 1.82) is 0 Å². The fourth-order valence-corrected chi connectivity index (χ4v) is 2.62. The van der Waals surface area contributed by atoms with Crippen molar-refractivity contribution < 1.29 is 4.79 Å². The standard InChI is InChI=1S/C12H16ClN3O/c1-15-5-2-6-16-9(7-15)10(13)11(14-16)12(17)8-3-4-8/h8H,2-7H2,1H3. The lowest BCUT2D eigenvalue weighted by Gasteiger charge is -2.11. The van der Waals surface area contributed by atoms with E-state index in [2.05, 4.69) is 17.0 Å². The van der Waals surface area contributed by atoms with Gasteiger partial charge in [0.2, 0.25) is 0 Å². The van der Waals surface area contributed by atoms with E-state index in [1.807, 2.05) is 4.68 Å². The van der Waals surface area contributed by atoms with Crippen LogP contribution in [-0.2, 0) is 13.1 Å². The number of ketones is 1. The van der Waals surface area contributed by atoms with Crippen LogP contribution in [-0.4, -0.2) is 34.1 Å². The summed E-state index contributed by atoms with van der Waals surface area (Å²) < 4.78 is 1.92. The van der Waals surface area contributed by atoms with Gasteiger partial charge in [0.1, 0.15) is 5.69 Å². The molecule has 2 aliphatic rings. The van der Waals surface area contributed by atoms with E-state index in [0.29, 0.717) is 10.7 Å². The van der Waals surface area contributed by atoms with E-state index in [-0.39, 0.29) is 11.7 Å². The first-order valence-electron chi connectivity index (χ1n) is 6.14. The SMILES string of the molecule is CN1CCCn2nc(C(=O)C3CC3)c(Cl)c2C1. The highest BCUT2D eigenvalue weighted by Gasteiger charge is 2.35. The Balaban J connectivity index is 1.97. The Kier molecular flexibility index (Phi) is 2.71. The first-order chi connectivity index (χ1) is 8.16. The molecule has 0 bridgehead atoms. The molecule has 0 N–H and O–H groups in total. The number of fused-ring (bicyclic) bond motifs is 1. The Morgan fingerprint density at radius 2 is 2.18 bits per heavy atom. The van der Waals surface area contributed by atoms with E-state index in [9.17, 15) is 4.79 Å². The van der Waals surface area contributed by atoms with Gasteiger partial charge in [0, 0.05) is 25.6 Å². The molecule has 92 valence electrons. The number of carbonyl (C=O) groups is 1. The van der Waals surface area contributed by atoms with Crippen molar-refractivity contribution in [2.45, 2.75) is 32.4 Å². The molecular weight excluding hydrogens is 238 g/mol. The van der Waals surface area contributed by atoms with Crippen molar-refractivity contribution in [2.75, 3.05) is 13.6 Å². The van der Waals surface area contributed by atoms with Crippen molar-refractivity contribution >= 4 is 17.4 Å². The maximum absolute atomic E-state index is 12.0. The van der Waals surface area contributed by atoms with Gasteiger partial charge >= 0.3 is 0 Å². The Hall–Kier alpha value is -0.870. The van der Waals surface area contributed by atoms with Crippen molar-refractivity contribution in [2.24, 2.45) is 5.92 Å². The number of Topliss-reactive ketones (excluding diaryl/α,β-unsaturated/α-hetero) is 1. The predicted molar refractivity (Wildman–Crippen MR) is 65.2 cm³/mol. The summed E-state index contributed by atoms with van der Waals surface area (Å²) in [6.07, 6.45) is 3.05. The minimum Gasteiger partial charge on any atom is -0.300 e. The van der Waals surface area contributed by atoms with Crippen LogP contribution in [0.1, 0.15) is 35.4 Å². The monoisotopic (exact) mass is 253 g/mol. The highest BCUT2D eigenvalue weighted by atomic mass is 35.5. The molecule has 0 amide bonds. The topological polar surface area (TPSA) is 38.1 Å². The van der Waals surface area contributed by atoms with Gasteiger partial charge in [-0.2, -0.15) is 5.10 Å². The maximum Gasteiger partial charge on any atom is 0.187 e. The van der Waals surface area contributed by atoms with Gasteiger partial charge in [0.05, 0.1) is 10.7 Å². The third kappa shape index (κ3) is 2.00. The summed E-state index contributed by atoms with van der Waals surface area (Å²) >= 11 is 6.32. The molecule has 4 nitrogen and oxygen atoms in total. The quantitative estimate of drug-likeness (QED) is 0.757. The molecule has 5 heteroatoms. The summed E-state index contributed by atoms with van der Waals surface area (Å²) in [7, 11) is 2.07. The normalized spacial score (nSPS) is 21.1. The maximum atomic E-state index is 12.0. The molecule has 0 radical (unpaired) electrons. The van der Waals surface area contributed by atoms with Crippen LogP contribution < -0.4 is 0 Å². The number of aromatic nitrogens is 2. The van der Waals surface area contributed by atoms with Crippen LogP contribution in [0.2, 0.25) is 5.02 Å². The molecule has 0 unspecified atom stereocenters. The zero-order valence-corrected chi connectivity index (χ0v) is 10.7. The van der Waals surface area contributed by atoms with Gasteiger partial charge < -0.3 is 4.90 Å². The summed E-state index contributed by atoms with van der Waals surface area (Å²) in [5.74, 6) is 0.322. The van der Waals surface area contributed by atoms with E-state index in [4.69, 9.17) is 11.6 Å². The number of hydrogen-bond acceptors (Lipinski definition) is 3. The molecular formula is C12H16ClN3O. The molecule has 1 aromatic rings. The smallest absolute Gasteiger partial charge is 0.187 e. The molecule has 2 heterocycles. The second-order valence-corrected chi connectivity index (χ2v) is 5.44. The summed E-state index contributed by atoms with van der Waals surface area (Å²) in [6.45, 7) is 2.69. The van der Waals surface area contributed by atoms with Gasteiger partial charge in [-0.25, -0.2) is 0 Å². The van der Waals surface area contributed by atoms with Crippen LogP contribution in [0.25, 0.3) is 0 Å². The zero-order chi connectivity index (χ0) is 12.0. The summed E-state index contributed by atoms with van der Waals surface area (Å²) in [5, 5.41) is 4.99. The number of hydrogen-bond donors (Lipinski definition) is 0. The van der Waals surface area contributed by atoms with Crippen molar-refractivity contribution in [3.05, 3.63) is 16.4 Å². The summed E-state index contributed by atoms with van der Waals surface area (Å²) in [6, 6.07) is 0. The Morgan fingerprint density at radius 3 is 2.88 bits per heavy atom. The van der Waals surface area contributed by atoms with E-state index < -0.39 is 0 Å². The third-order valence-corrected chi connectivity index (χ3v) is 3.90. The molecule has 1 aliphatic carbocycles. The Bertz CT molecular complexity index is 465. The first-order valence-corrected chi connectivity index (χ1v) is 6.52. The molecule has 17 heavy (non-hydrogen) atoms. The Morgan fingerprint density at radius 1 is 1.41 bits per heavy atom. The Labute approximate surface area is 106 Å². The largest absolute Gasteiger partial charge is 0.300 e. The lowest BCUT2D eigenvalue weighted by molar-refractivity contribution is 0.0962. The van der Waals surface area contributed by atoms with Gasteiger partial charge in [-0.1, -0.05) is 11.6 Å². The van der Waals surface area contributed by atoms with Crippen LogP contribution >= 0.6 is 11.6 Å². The van der Waals surface area contributed by atoms with Crippen LogP contribution in [0.4, 0.5) is 0 Å². The van der Waals surface area contributed by atoms with Gasteiger partial charge in [0.15, 0.2) is 5.78 Å². The molecule has 1 aromatic heterocycles. The van der Waals surface area contributed by atoms with E-state index in [1.54, 1.807) is 0 Å². The average Bonchev–Trinajstić information content (AvgIpc) is 3.09. The molecule has 1 aliphatic heterocycles. The highest BCUT2D eigenvalue weighted by molar-refractivity contribution is 6.34. The first kappa shape index (κ1) is 11.2. The number of rotatable bonds is 2. The van der Waals surface area contributed by atoms with E-state index >= 15 is 0 Å². The molecule has 0 atom stereocenters. The molecule has 0 aromatic carbocycles. The summed E-state index contributed by atoms with van der Waals surface area (Å²) in [5.41, 5.74) is 1.50. The fraction of sp³-hybridized carbons (Fsp3) is 0.667. The van der Waals surface area contributed by atoms with E-state index in [1.165, 1.54) is 0 Å². The molecule has 3 rings (SSSR count). The number of aryl methyl sites for hydroxylation is 1. The van der Waals surface area contributed by atoms with Crippen LogP contribution in [0, 0.1) is 5.92 Å². The van der Waals surface area contributed by atoms with Crippen molar-refractivity contribution in [1.82, 2.24) is 14.7 Å². The van der Waals surface area contributed by atoms with Gasteiger partial charge in [0.25, 0.3) is 0 Å².